The molecule has 2 atom stereocenters. The molecule has 0 aliphatic carbocycles. The van der Waals surface area contributed by atoms with E-state index in [0.717, 1.165) is 0 Å². The van der Waals surface area contributed by atoms with Gasteiger partial charge in [-0.2, -0.15) is 0 Å². The number of nitrogens with zero attached hydrogens (tertiary/aromatic N) is 2. The van der Waals surface area contributed by atoms with Crippen LogP contribution in [0.2, 0.25) is 0 Å². The molecule has 2 aliphatic heterocycles. The van der Waals surface area contributed by atoms with Crippen LogP contribution in [-0.2, 0) is 9.59 Å². The highest BCUT2D eigenvalue weighted by molar-refractivity contribution is 5.82. The van der Waals surface area contributed by atoms with Crippen LogP contribution in [0, 0.1) is 5.92 Å². The highest BCUT2D eigenvalue weighted by Gasteiger charge is 2.35. The second kappa shape index (κ2) is 5.68. The van der Waals surface area contributed by atoms with E-state index in [0.29, 0.717) is 25.9 Å². The molecule has 0 aromatic heterocycles. The Morgan fingerprint density at radius 1 is 1.35 bits per heavy atom. The Morgan fingerprint density at radius 3 is 2.55 bits per heavy atom. The van der Waals surface area contributed by atoms with Crippen molar-refractivity contribution in [2.45, 2.75) is 38.8 Å². The van der Waals surface area contributed by atoms with Crippen LogP contribution < -0.4 is 5.32 Å². The molecule has 0 spiro atoms. The van der Waals surface area contributed by atoms with Crippen molar-refractivity contribution in [3.8, 4) is 0 Å². The van der Waals surface area contributed by atoms with Gasteiger partial charge in [-0.1, -0.05) is 0 Å². The van der Waals surface area contributed by atoms with E-state index < -0.39 is 11.9 Å². The van der Waals surface area contributed by atoms with Gasteiger partial charge in [0.1, 0.15) is 0 Å². The van der Waals surface area contributed by atoms with E-state index in [1.165, 1.54) is 4.90 Å². The summed E-state index contributed by atoms with van der Waals surface area (Å²) in [7, 11) is 0. The van der Waals surface area contributed by atoms with E-state index in [-0.39, 0.29) is 30.6 Å². The lowest BCUT2D eigenvalue weighted by Crippen LogP contribution is -2.45. The summed E-state index contributed by atoms with van der Waals surface area (Å²) in [6.07, 6.45) is 0.810. The molecule has 0 aromatic rings. The summed E-state index contributed by atoms with van der Waals surface area (Å²) in [5.41, 5.74) is 0. The molecule has 2 N–H and O–H groups in total. The van der Waals surface area contributed by atoms with Gasteiger partial charge in [-0.15, -0.1) is 0 Å². The second-order valence-corrected chi connectivity index (χ2v) is 5.76. The van der Waals surface area contributed by atoms with Crippen LogP contribution in [0.5, 0.6) is 0 Å². The molecule has 2 unspecified atom stereocenters. The van der Waals surface area contributed by atoms with Crippen LogP contribution >= 0.6 is 0 Å². The zero-order chi connectivity index (χ0) is 14.9. The quantitative estimate of drug-likeness (QED) is 0.769. The molecule has 3 amide bonds. The minimum atomic E-state index is -0.859. The molecule has 20 heavy (non-hydrogen) atoms. The summed E-state index contributed by atoms with van der Waals surface area (Å²) in [5.74, 6) is -1.28. The molecule has 0 saturated carbocycles. The van der Waals surface area contributed by atoms with Gasteiger partial charge in [-0.05, 0) is 20.3 Å². The molecule has 2 aliphatic rings. The van der Waals surface area contributed by atoms with Crippen molar-refractivity contribution >= 4 is 17.9 Å². The fourth-order valence-electron chi connectivity index (χ4n) is 2.74. The fraction of sp³-hybridized carbons (Fsp3) is 0.769. The summed E-state index contributed by atoms with van der Waals surface area (Å²) in [5, 5.41) is 11.7. The van der Waals surface area contributed by atoms with Crippen LogP contribution in [-0.4, -0.2) is 64.5 Å². The van der Waals surface area contributed by atoms with E-state index in [9.17, 15) is 14.4 Å². The van der Waals surface area contributed by atoms with Crippen LogP contribution in [0.4, 0.5) is 4.79 Å². The number of likely N-dealkylation sites (tertiary alicyclic amines) is 2. The SMILES string of the molecule is CC(C)N1CC(NC(=O)N2CCC(C(=O)O)C2)CC1=O. The minimum Gasteiger partial charge on any atom is -0.481 e. The van der Waals surface area contributed by atoms with E-state index in [4.69, 9.17) is 5.11 Å². The van der Waals surface area contributed by atoms with Crippen LogP contribution in [0.25, 0.3) is 0 Å². The van der Waals surface area contributed by atoms with E-state index in [1.54, 1.807) is 4.90 Å². The number of urea groups is 1. The highest BCUT2D eigenvalue weighted by atomic mass is 16.4. The Labute approximate surface area is 117 Å². The first-order valence-corrected chi connectivity index (χ1v) is 6.96. The average Bonchev–Trinajstić information content (AvgIpc) is 2.95. The molecular formula is C13H21N3O4. The lowest BCUT2D eigenvalue weighted by molar-refractivity contribution is -0.141. The average molecular weight is 283 g/mol. The van der Waals surface area contributed by atoms with Gasteiger partial charge in [0.05, 0.1) is 12.0 Å². The summed E-state index contributed by atoms with van der Waals surface area (Å²) in [4.78, 5) is 37.9. The smallest absolute Gasteiger partial charge is 0.317 e. The van der Waals surface area contributed by atoms with Crippen molar-refractivity contribution in [1.82, 2.24) is 15.1 Å². The molecule has 7 nitrogen and oxygen atoms in total. The van der Waals surface area contributed by atoms with Gasteiger partial charge >= 0.3 is 12.0 Å². The Hall–Kier alpha value is -1.79. The van der Waals surface area contributed by atoms with E-state index in [1.807, 2.05) is 13.8 Å². The molecule has 0 radical (unpaired) electrons. The maximum Gasteiger partial charge on any atom is 0.317 e. The van der Waals surface area contributed by atoms with E-state index in [2.05, 4.69) is 5.32 Å². The van der Waals surface area contributed by atoms with Crippen molar-refractivity contribution in [2.75, 3.05) is 19.6 Å². The van der Waals surface area contributed by atoms with Gasteiger partial charge in [0, 0.05) is 32.1 Å². The zero-order valence-corrected chi connectivity index (χ0v) is 11.8. The number of carbonyl (C=O) groups excluding carboxylic acids is 2. The third-order valence-electron chi connectivity index (χ3n) is 3.93. The Morgan fingerprint density at radius 2 is 2.05 bits per heavy atom. The van der Waals surface area contributed by atoms with Gasteiger partial charge in [-0.3, -0.25) is 9.59 Å². The first-order valence-electron chi connectivity index (χ1n) is 6.96. The molecule has 2 rings (SSSR count). The number of carbonyl (C=O) groups is 3. The summed E-state index contributed by atoms with van der Waals surface area (Å²) in [6.45, 7) is 5.12. The number of carboxylic acids is 1. The predicted octanol–water partition coefficient (Wildman–Crippen LogP) is 0.112. The van der Waals surface area contributed by atoms with Gasteiger partial charge in [0.15, 0.2) is 0 Å². The van der Waals surface area contributed by atoms with Gasteiger partial charge in [-0.25, -0.2) is 4.79 Å². The van der Waals surface area contributed by atoms with Crippen molar-refractivity contribution in [2.24, 2.45) is 5.92 Å². The Kier molecular flexibility index (Phi) is 4.15. The monoisotopic (exact) mass is 283 g/mol. The summed E-state index contributed by atoms with van der Waals surface area (Å²) in [6, 6.07) is -0.314. The van der Waals surface area contributed by atoms with Gasteiger partial charge in [0.25, 0.3) is 0 Å². The number of nitrogens with one attached hydrogen (secondary N) is 1. The third-order valence-corrected chi connectivity index (χ3v) is 3.93. The predicted molar refractivity (Wildman–Crippen MR) is 71.1 cm³/mol. The molecule has 7 heteroatoms. The second-order valence-electron chi connectivity index (χ2n) is 5.76. The number of amides is 3. The number of hydrogen-bond acceptors (Lipinski definition) is 3. The van der Waals surface area contributed by atoms with Crippen molar-refractivity contribution < 1.29 is 19.5 Å². The molecule has 0 aromatic carbocycles. The zero-order valence-electron chi connectivity index (χ0n) is 11.8. The first kappa shape index (κ1) is 14.6. The lowest BCUT2D eigenvalue weighted by Gasteiger charge is -2.22. The molecule has 0 bridgehead atoms. The standard InChI is InChI=1S/C13H21N3O4/c1-8(2)16-7-10(5-11(16)17)14-13(20)15-4-3-9(6-15)12(18)19/h8-10H,3-7H2,1-2H3,(H,14,20)(H,18,19). The van der Waals surface area contributed by atoms with E-state index >= 15 is 0 Å². The topological polar surface area (TPSA) is 90.0 Å². The largest absolute Gasteiger partial charge is 0.481 e. The number of hydrogen-bond donors (Lipinski definition) is 2. The molecule has 112 valence electrons. The van der Waals surface area contributed by atoms with Crippen molar-refractivity contribution in [1.29, 1.82) is 0 Å². The fourth-order valence-corrected chi connectivity index (χ4v) is 2.74. The summed E-state index contributed by atoms with van der Waals surface area (Å²) < 4.78 is 0. The highest BCUT2D eigenvalue weighted by Crippen LogP contribution is 2.18. The third kappa shape index (κ3) is 3.02. The maximum absolute atomic E-state index is 12.0. The Balaban J connectivity index is 1.84. The van der Waals surface area contributed by atoms with Gasteiger partial charge < -0.3 is 20.2 Å². The van der Waals surface area contributed by atoms with Crippen molar-refractivity contribution in [3.63, 3.8) is 0 Å². The molecule has 2 saturated heterocycles. The van der Waals surface area contributed by atoms with Crippen LogP contribution in [0.3, 0.4) is 0 Å². The number of aliphatic carboxylic acids is 1. The first-order chi connectivity index (χ1) is 9.38. The number of rotatable bonds is 3. The molecule has 2 fully saturated rings. The Bertz CT molecular complexity index is 424. The lowest BCUT2D eigenvalue weighted by atomic mass is 10.1. The summed E-state index contributed by atoms with van der Waals surface area (Å²) >= 11 is 0. The molecule has 2 heterocycles. The molecular weight excluding hydrogens is 262 g/mol. The maximum atomic E-state index is 12.0. The number of carboxylic acid groups (broad SMARTS) is 1. The normalized spacial score (nSPS) is 26.4. The van der Waals surface area contributed by atoms with Crippen molar-refractivity contribution in [3.05, 3.63) is 0 Å². The van der Waals surface area contributed by atoms with Gasteiger partial charge in [0.2, 0.25) is 5.91 Å². The van der Waals surface area contributed by atoms with Crippen LogP contribution in [0.15, 0.2) is 0 Å². The van der Waals surface area contributed by atoms with Crippen LogP contribution in [0.1, 0.15) is 26.7 Å². The minimum absolute atomic E-state index is 0.0511.